The van der Waals surface area contributed by atoms with Crippen molar-refractivity contribution in [1.82, 2.24) is 5.32 Å². The van der Waals surface area contributed by atoms with Crippen LogP contribution in [-0.2, 0) is 4.74 Å². The van der Waals surface area contributed by atoms with Crippen LogP contribution >= 0.6 is 0 Å². The van der Waals surface area contributed by atoms with E-state index in [1.54, 1.807) is 19.2 Å². The Labute approximate surface area is 108 Å². The Morgan fingerprint density at radius 3 is 2.78 bits per heavy atom. The van der Waals surface area contributed by atoms with Gasteiger partial charge in [0.2, 0.25) is 0 Å². The van der Waals surface area contributed by atoms with Crippen molar-refractivity contribution in [1.29, 1.82) is 0 Å². The number of hydrazine groups is 1. The SMILES string of the molecule is COCC(C)CNC(=O)c1ccc(NN)c(C)c1. The van der Waals surface area contributed by atoms with Gasteiger partial charge in [-0.25, -0.2) is 0 Å². The first-order valence-corrected chi connectivity index (χ1v) is 5.93. The summed E-state index contributed by atoms with van der Waals surface area (Å²) in [6, 6.07) is 5.35. The second kappa shape index (κ2) is 6.98. The van der Waals surface area contributed by atoms with Gasteiger partial charge in [-0.1, -0.05) is 6.92 Å². The summed E-state index contributed by atoms with van der Waals surface area (Å²) in [5.41, 5.74) is 4.97. The number of ether oxygens (including phenoxy) is 1. The van der Waals surface area contributed by atoms with Gasteiger partial charge in [-0.2, -0.15) is 0 Å². The van der Waals surface area contributed by atoms with Gasteiger partial charge in [0.25, 0.3) is 5.91 Å². The number of carbonyl (C=O) groups excluding carboxylic acids is 1. The minimum atomic E-state index is -0.0791. The molecule has 1 rings (SSSR count). The topological polar surface area (TPSA) is 76.4 Å². The van der Waals surface area contributed by atoms with Gasteiger partial charge in [0, 0.05) is 19.2 Å². The highest BCUT2D eigenvalue weighted by molar-refractivity contribution is 5.94. The van der Waals surface area contributed by atoms with E-state index >= 15 is 0 Å². The van der Waals surface area contributed by atoms with Crippen molar-refractivity contribution in [2.24, 2.45) is 11.8 Å². The minimum absolute atomic E-state index is 0.0791. The fraction of sp³-hybridized carbons (Fsp3) is 0.462. The van der Waals surface area contributed by atoms with E-state index < -0.39 is 0 Å². The molecule has 100 valence electrons. The van der Waals surface area contributed by atoms with E-state index in [1.807, 2.05) is 19.9 Å². The van der Waals surface area contributed by atoms with Crippen molar-refractivity contribution < 1.29 is 9.53 Å². The number of nitrogen functional groups attached to an aromatic ring is 1. The maximum atomic E-state index is 11.9. The molecule has 0 aliphatic carbocycles. The highest BCUT2D eigenvalue weighted by Crippen LogP contribution is 2.15. The van der Waals surface area contributed by atoms with Crippen LogP contribution in [0.5, 0.6) is 0 Å². The Kier molecular flexibility index (Phi) is 5.61. The fourth-order valence-corrected chi connectivity index (χ4v) is 1.68. The smallest absolute Gasteiger partial charge is 0.251 e. The predicted octanol–water partition coefficient (Wildman–Crippen LogP) is 1.29. The molecule has 1 amide bonds. The highest BCUT2D eigenvalue weighted by atomic mass is 16.5. The van der Waals surface area contributed by atoms with Crippen LogP contribution in [0.2, 0.25) is 0 Å². The number of nitrogens with one attached hydrogen (secondary N) is 2. The number of rotatable bonds is 6. The van der Waals surface area contributed by atoms with Crippen molar-refractivity contribution >= 4 is 11.6 Å². The van der Waals surface area contributed by atoms with Gasteiger partial charge in [0.15, 0.2) is 0 Å². The molecular formula is C13H21N3O2. The van der Waals surface area contributed by atoms with E-state index in [4.69, 9.17) is 10.6 Å². The average molecular weight is 251 g/mol. The lowest BCUT2D eigenvalue weighted by atomic mass is 10.1. The average Bonchev–Trinajstić information content (AvgIpc) is 2.36. The molecule has 1 atom stereocenters. The monoisotopic (exact) mass is 251 g/mol. The summed E-state index contributed by atoms with van der Waals surface area (Å²) in [5.74, 6) is 5.56. The van der Waals surface area contributed by atoms with Crippen LogP contribution in [0.4, 0.5) is 5.69 Å². The molecule has 0 radical (unpaired) electrons. The van der Waals surface area contributed by atoms with Crippen LogP contribution in [0, 0.1) is 12.8 Å². The van der Waals surface area contributed by atoms with Gasteiger partial charge in [-0.3, -0.25) is 10.6 Å². The van der Waals surface area contributed by atoms with E-state index in [0.29, 0.717) is 24.6 Å². The summed E-state index contributed by atoms with van der Waals surface area (Å²) in [5, 5.41) is 2.88. The van der Waals surface area contributed by atoms with Crippen LogP contribution in [-0.4, -0.2) is 26.2 Å². The quantitative estimate of drug-likeness (QED) is 0.526. The number of nitrogens with two attached hydrogens (primary N) is 1. The van der Waals surface area contributed by atoms with E-state index in [2.05, 4.69) is 10.7 Å². The van der Waals surface area contributed by atoms with Gasteiger partial charge in [-0.15, -0.1) is 0 Å². The molecule has 0 bridgehead atoms. The summed E-state index contributed by atoms with van der Waals surface area (Å²) in [4.78, 5) is 11.9. The summed E-state index contributed by atoms with van der Waals surface area (Å²) >= 11 is 0. The number of hydrogen-bond donors (Lipinski definition) is 3. The molecular weight excluding hydrogens is 230 g/mol. The summed E-state index contributed by atoms with van der Waals surface area (Å²) < 4.78 is 5.02. The Hall–Kier alpha value is -1.59. The molecule has 0 spiro atoms. The predicted molar refractivity (Wildman–Crippen MR) is 72.4 cm³/mol. The van der Waals surface area contributed by atoms with Crippen LogP contribution in [0.15, 0.2) is 18.2 Å². The van der Waals surface area contributed by atoms with Crippen LogP contribution < -0.4 is 16.6 Å². The van der Waals surface area contributed by atoms with E-state index in [9.17, 15) is 4.79 Å². The second-order valence-electron chi connectivity index (χ2n) is 4.44. The molecule has 4 N–H and O–H groups in total. The third kappa shape index (κ3) is 4.01. The zero-order valence-corrected chi connectivity index (χ0v) is 11.1. The van der Waals surface area contributed by atoms with Gasteiger partial charge >= 0.3 is 0 Å². The molecule has 5 heteroatoms. The molecule has 0 saturated carbocycles. The van der Waals surface area contributed by atoms with E-state index in [1.165, 1.54) is 0 Å². The van der Waals surface area contributed by atoms with Crippen molar-refractivity contribution in [3.63, 3.8) is 0 Å². The largest absolute Gasteiger partial charge is 0.384 e. The Morgan fingerprint density at radius 1 is 1.50 bits per heavy atom. The Morgan fingerprint density at radius 2 is 2.22 bits per heavy atom. The van der Waals surface area contributed by atoms with Gasteiger partial charge in [0.1, 0.15) is 0 Å². The first-order valence-electron chi connectivity index (χ1n) is 5.93. The van der Waals surface area contributed by atoms with Crippen molar-refractivity contribution in [2.45, 2.75) is 13.8 Å². The molecule has 0 fully saturated rings. The molecule has 18 heavy (non-hydrogen) atoms. The maximum absolute atomic E-state index is 11.9. The summed E-state index contributed by atoms with van der Waals surface area (Å²) in [7, 11) is 1.65. The molecule has 0 aliphatic rings. The first-order chi connectivity index (χ1) is 8.58. The third-order valence-corrected chi connectivity index (χ3v) is 2.71. The minimum Gasteiger partial charge on any atom is -0.384 e. The third-order valence-electron chi connectivity index (χ3n) is 2.71. The second-order valence-corrected chi connectivity index (χ2v) is 4.44. The lowest BCUT2D eigenvalue weighted by Gasteiger charge is -2.12. The summed E-state index contributed by atoms with van der Waals surface area (Å²) in [6.45, 7) is 5.16. The maximum Gasteiger partial charge on any atom is 0.251 e. The molecule has 0 heterocycles. The van der Waals surface area contributed by atoms with Gasteiger partial charge < -0.3 is 15.5 Å². The number of hydrogen-bond acceptors (Lipinski definition) is 4. The Balaban J connectivity index is 2.59. The number of methoxy groups -OCH3 is 1. The normalized spacial score (nSPS) is 12.0. The zero-order chi connectivity index (χ0) is 13.5. The number of anilines is 1. The molecule has 1 unspecified atom stereocenters. The lowest BCUT2D eigenvalue weighted by Crippen LogP contribution is -2.30. The molecule has 1 aromatic rings. The molecule has 0 saturated heterocycles. The van der Waals surface area contributed by atoms with Crippen molar-refractivity contribution in [2.75, 3.05) is 25.7 Å². The molecule has 0 aliphatic heterocycles. The van der Waals surface area contributed by atoms with E-state index in [-0.39, 0.29) is 5.91 Å². The number of aryl methyl sites for hydroxylation is 1. The lowest BCUT2D eigenvalue weighted by molar-refractivity contribution is 0.0934. The van der Waals surface area contributed by atoms with Gasteiger partial charge in [-0.05, 0) is 36.6 Å². The first kappa shape index (κ1) is 14.5. The van der Waals surface area contributed by atoms with Crippen LogP contribution in [0.3, 0.4) is 0 Å². The summed E-state index contributed by atoms with van der Waals surface area (Å²) in [6.07, 6.45) is 0. The molecule has 1 aromatic carbocycles. The fourth-order valence-electron chi connectivity index (χ4n) is 1.68. The molecule has 0 aromatic heterocycles. The van der Waals surface area contributed by atoms with Gasteiger partial charge in [0.05, 0.1) is 12.3 Å². The van der Waals surface area contributed by atoms with Crippen molar-refractivity contribution in [3.8, 4) is 0 Å². The van der Waals surface area contributed by atoms with E-state index in [0.717, 1.165) is 11.3 Å². The Bertz CT molecular complexity index is 407. The van der Waals surface area contributed by atoms with Crippen LogP contribution in [0.25, 0.3) is 0 Å². The standard InChI is InChI=1S/C13H21N3O2/c1-9(8-18-3)7-15-13(17)11-4-5-12(16-14)10(2)6-11/h4-6,9,16H,7-8,14H2,1-3H3,(H,15,17). The number of benzene rings is 1. The van der Waals surface area contributed by atoms with Crippen LogP contribution in [0.1, 0.15) is 22.8 Å². The zero-order valence-electron chi connectivity index (χ0n) is 11.1. The van der Waals surface area contributed by atoms with Crippen molar-refractivity contribution in [3.05, 3.63) is 29.3 Å². The molecule has 5 nitrogen and oxygen atoms in total. The highest BCUT2D eigenvalue weighted by Gasteiger charge is 2.09. The number of amides is 1. The number of carbonyl (C=O) groups is 1.